The van der Waals surface area contributed by atoms with Crippen molar-refractivity contribution in [2.24, 2.45) is 0 Å². The van der Waals surface area contributed by atoms with Gasteiger partial charge in [0.05, 0.1) is 10.7 Å². The second kappa shape index (κ2) is 7.44. The zero-order valence-electron chi connectivity index (χ0n) is 17.3. The van der Waals surface area contributed by atoms with E-state index in [1.165, 1.54) is 34.5 Å². The topological polar surface area (TPSA) is 24.9 Å². The molecule has 1 aromatic heterocycles. The first-order valence-electron chi connectivity index (χ1n) is 10.1. The zero-order chi connectivity index (χ0) is 18.9. The van der Waals surface area contributed by atoms with E-state index < -0.39 is 0 Å². The average Bonchev–Trinajstić information content (AvgIpc) is 3.09. The quantitative estimate of drug-likeness (QED) is 0.607. The number of benzene rings is 1. The summed E-state index contributed by atoms with van der Waals surface area (Å²) in [7, 11) is 0. The van der Waals surface area contributed by atoms with Gasteiger partial charge in [0, 0.05) is 16.9 Å². The van der Waals surface area contributed by atoms with Crippen LogP contribution in [-0.4, -0.2) is 18.1 Å². The van der Waals surface area contributed by atoms with E-state index in [0.717, 1.165) is 25.2 Å². The van der Waals surface area contributed by atoms with E-state index in [9.17, 15) is 0 Å². The van der Waals surface area contributed by atoms with E-state index >= 15 is 0 Å². The van der Waals surface area contributed by atoms with Crippen LogP contribution >= 0.6 is 11.3 Å². The summed E-state index contributed by atoms with van der Waals surface area (Å²) in [5, 5.41) is 6.91. The van der Waals surface area contributed by atoms with Crippen molar-refractivity contribution in [1.82, 2.24) is 10.3 Å². The molecule has 1 aromatic carbocycles. The van der Waals surface area contributed by atoms with E-state index in [2.05, 4.69) is 70.4 Å². The van der Waals surface area contributed by atoms with Crippen LogP contribution in [0.3, 0.4) is 0 Å². The van der Waals surface area contributed by atoms with Crippen LogP contribution in [0.5, 0.6) is 0 Å². The molecule has 0 amide bonds. The fourth-order valence-electron chi connectivity index (χ4n) is 4.01. The first-order chi connectivity index (χ1) is 12.2. The summed E-state index contributed by atoms with van der Waals surface area (Å²) in [5.74, 6) is 0.515. The summed E-state index contributed by atoms with van der Waals surface area (Å²) in [6.45, 7) is 16.1. The molecular weight excluding hydrogens is 336 g/mol. The van der Waals surface area contributed by atoms with Crippen LogP contribution in [0, 0.1) is 0 Å². The number of nitrogens with one attached hydrogen (secondary N) is 1. The first kappa shape index (κ1) is 19.6. The normalized spacial score (nSPS) is 19.2. The zero-order valence-corrected chi connectivity index (χ0v) is 18.1. The summed E-state index contributed by atoms with van der Waals surface area (Å²) < 4.78 is 0. The van der Waals surface area contributed by atoms with Crippen molar-refractivity contribution in [3.63, 3.8) is 0 Å². The van der Waals surface area contributed by atoms with Crippen molar-refractivity contribution < 1.29 is 0 Å². The lowest BCUT2D eigenvalue weighted by molar-refractivity contribution is 0.332. The summed E-state index contributed by atoms with van der Waals surface area (Å²) in [5.41, 5.74) is 5.97. The minimum Gasteiger partial charge on any atom is -0.317 e. The van der Waals surface area contributed by atoms with Crippen LogP contribution < -0.4 is 5.32 Å². The summed E-state index contributed by atoms with van der Waals surface area (Å²) in [6.07, 6.45) is 3.66. The molecule has 0 aliphatic heterocycles. The Hall–Kier alpha value is -1.19. The molecule has 3 heteroatoms. The minimum atomic E-state index is 0.249. The Morgan fingerprint density at radius 2 is 1.81 bits per heavy atom. The van der Waals surface area contributed by atoms with Gasteiger partial charge in [0.25, 0.3) is 0 Å². The molecule has 26 heavy (non-hydrogen) atoms. The average molecular weight is 371 g/mol. The Morgan fingerprint density at radius 3 is 2.50 bits per heavy atom. The van der Waals surface area contributed by atoms with Gasteiger partial charge in [0.2, 0.25) is 0 Å². The number of fused-ring (bicyclic) bond motifs is 1. The molecule has 0 bridgehead atoms. The molecule has 1 aliphatic carbocycles. The molecule has 1 aliphatic rings. The molecule has 3 rings (SSSR count). The fraction of sp³-hybridized carbons (Fsp3) is 0.609. The Morgan fingerprint density at radius 1 is 1.12 bits per heavy atom. The Bertz CT molecular complexity index is 757. The second-order valence-corrected chi connectivity index (χ2v) is 10.0. The van der Waals surface area contributed by atoms with Gasteiger partial charge in [0.15, 0.2) is 0 Å². The van der Waals surface area contributed by atoms with Gasteiger partial charge < -0.3 is 5.32 Å². The van der Waals surface area contributed by atoms with Crippen molar-refractivity contribution in [3.8, 4) is 11.3 Å². The molecule has 142 valence electrons. The number of rotatable bonds is 6. The number of hydrogen-bond acceptors (Lipinski definition) is 3. The van der Waals surface area contributed by atoms with Gasteiger partial charge in [-0.25, -0.2) is 4.98 Å². The van der Waals surface area contributed by atoms with Crippen molar-refractivity contribution >= 4 is 11.3 Å². The van der Waals surface area contributed by atoms with Crippen molar-refractivity contribution in [2.75, 3.05) is 13.1 Å². The minimum absolute atomic E-state index is 0.249. The van der Waals surface area contributed by atoms with Crippen LogP contribution in [-0.2, 0) is 10.8 Å². The number of aromatic nitrogens is 1. The number of hydrogen-bond donors (Lipinski definition) is 1. The third-order valence-electron chi connectivity index (χ3n) is 6.10. The van der Waals surface area contributed by atoms with Gasteiger partial charge in [-0.1, -0.05) is 53.7 Å². The van der Waals surface area contributed by atoms with Gasteiger partial charge in [-0.15, -0.1) is 11.3 Å². The first-order valence-corrected chi connectivity index (χ1v) is 10.9. The summed E-state index contributed by atoms with van der Waals surface area (Å²) in [6, 6.07) is 7.06. The Balaban J connectivity index is 1.87. The molecule has 0 saturated carbocycles. The molecular formula is C23H34N2S. The van der Waals surface area contributed by atoms with Crippen LogP contribution in [0.15, 0.2) is 23.6 Å². The van der Waals surface area contributed by atoms with Crippen LogP contribution in [0.25, 0.3) is 11.3 Å². The fourth-order valence-corrected chi connectivity index (χ4v) is 4.94. The van der Waals surface area contributed by atoms with E-state index in [-0.39, 0.29) is 10.8 Å². The highest BCUT2D eigenvalue weighted by Crippen LogP contribution is 2.46. The van der Waals surface area contributed by atoms with Crippen LogP contribution in [0.4, 0.5) is 0 Å². The van der Waals surface area contributed by atoms with Gasteiger partial charge >= 0.3 is 0 Å². The highest BCUT2D eigenvalue weighted by molar-refractivity contribution is 7.10. The smallest absolute Gasteiger partial charge is 0.0961 e. The van der Waals surface area contributed by atoms with E-state index in [1.807, 2.05) is 11.3 Å². The van der Waals surface area contributed by atoms with Gasteiger partial charge in [-0.3, -0.25) is 0 Å². The van der Waals surface area contributed by atoms with E-state index in [4.69, 9.17) is 4.98 Å². The molecule has 1 unspecified atom stereocenters. The second-order valence-electron chi connectivity index (χ2n) is 9.14. The highest BCUT2D eigenvalue weighted by Gasteiger charge is 2.37. The number of nitrogens with zero attached hydrogens (tertiary/aromatic N) is 1. The van der Waals surface area contributed by atoms with Crippen molar-refractivity contribution in [1.29, 1.82) is 0 Å². The maximum Gasteiger partial charge on any atom is 0.0961 e. The van der Waals surface area contributed by atoms with Crippen molar-refractivity contribution in [3.05, 3.63) is 39.7 Å². The van der Waals surface area contributed by atoms with Gasteiger partial charge in [0.1, 0.15) is 0 Å². The predicted molar refractivity (Wildman–Crippen MR) is 114 cm³/mol. The molecule has 1 atom stereocenters. The van der Waals surface area contributed by atoms with Crippen molar-refractivity contribution in [2.45, 2.75) is 77.6 Å². The van der Waals surface area contributed by atoms with Gasteiger partial charge in [-0.05, 0) is 60.4 Å². The van der Waals surface area contributed by atoms with Crippen LogP contribution in [0.1, 0.15) is 82.9 Å². The van der Waals surface area contributed by atoms with Crippen LogP contribution in [0.2, 0.25) is 0 Å². The standard InChI is InChI=1S/C23H34N2S/c1-7-24-13-10-16(2)21-25-20(15-26-21)17-8-9-18-19(14-17)23(5,6)12-11-22(18,3)4/h8-9,14-16,24H,7,10-13H2,1-6H3. The monoisotopic (exact) mass is 370 g/mol. The van der Waals surface area contributed by atoms with E-state index in [0.29, 0.717) is 5.92 Å². The largest absolute Gasteiger partial charge is 0.317 e. The third kappa shape index (κ3) is 3.89. The molecule has 0 fully saturated rings. The lowest BCUT2D eigenvalue weighted by atomic mass is 9.63. The SMILES string of the molecule is CCNCCC(C)c1nc(-c2ccc3c(c2)C(C)(C)CCC3(C)C)cs1. The Kier molecular flexibility index (Phi) is 5.60. The molecule has 0 radical (unpaired) electrons. The molecule has 2 aromatic rings. The Labute approximate surface area is 163 Å². The third-order valence-corrected chi connectivity index (χ3v) is 7.17. The highest BCUT2D eigenvalue weighted by atomic mass is 32.1. The lowest BCUT2D eigenvalue weighted by Crippen LogP contribution is -2.33. The molecule has 1 heterocycles. The summed E-state index contributed by atoms with van der Waals surface area (Å²) in [4.78, 5) is 4.98. The maximum atomic E-state index is 4.98. The molecule has 1 N–H and O–H groups in total. The number of thiazole rings is 1. The molecule has 2 nitrogen and oxygen atoms in total. The van der Waals surface area contributed by atoms with Gasteiger partial charge in [-0.2, -0.15) is 0 Å². The molecule has 0 saturated heterocycles. The lowest BCUT2D eigenvalue weighted by Gasteiger charge is -2.42. The molecule has 0 spiro atoms. The summed E-state index contributed by atoms with van der Waals surface area (Å²) >= 11 is 1.81. The van der Waals surface area contributed by atoms with E-state index in [1.54, 1.807) is 0 Å². The maximum absolute atomic E-state index is 4.98. The predicted octanol–water partition coefficient (Wildman–Crippen LogP) is 6.26.